The van der Waals surface area contributed by atoms with Crippen molar-refractivity contribution in [3.8, 4) is 17.6 Å². The number of morpholine rings is 1. The summed E-state index contributed by atoms with van der Waals surface area (Å²) in [5, 5.41) is 24.0. The molecule has 2 fully saturated rings. The Bertz CT molecular complexity index is 2620. The number of para-hydroxylation sites is 1. The number of benzene rings is 5. The van der Waals surface area contributed by atoms with E-state index in [9.17, 15) is 14.7 Å². The SMILES string of the molecule is C=CCNC(=O)[C@@H]1[C@H]2C(=O)O[C@H](c3ccccc3)[C@H](c3ccccc3)N2[C@H](c2ccc(OCCO)cc2)[C@@]12C(=O)Nc1ccc(C#CCn3nnc4ccccc43)cc12. The minimum Gasteiger partial charge on any atom is -0.491 e. The molecular formula is C47H40N6O6. The highest BCUT2D eigenvalue weighted by molar-refractivity contribution is 6.12. The molecule has 0 saturated carbocycles. The van der Waals surface area contributed by atoms with Crippen molar-refractivity contribution in [2.45, 2.75) is 36.2 Å². The number of nitrogens with one attached hydrogen (secondary N) is 2. The fourth-order valence-electron chi connectivity index (χ4n) is 9.11. The van der Waals surface area contributed by atoms with Crippen LogP contribution in [0.25, 0.3) is 11.0 Å². The van der Waals surface area contributed by atoms with E-state index in [-0.39, 0.29) is 26.3 Å². The second-order valence-corrected chi connectivity index (χ2v) is 14.7. The molecule has 3 aliphatic rings. The average molecular weight is 785 g/mol. The Kier molecular flexibility index (Phi) is 9.98. The van der Waals surface area contributed by atoms with Gasteiger partial charge >= 0.3 is 5.97 Å². The number of carbonyl (C=O) groups excluding carboxylic acids is 3. The summed E-state index contributed by atoms with van der Waals surface area (Å²) in [6, 6.07) is 36.9. The van der Waals surface area contributed by atoms with Crippen LogP contribution in [0.5, 0.6) is 5.75 Å². The van der Waals surface area contributed by atoms with Gasteiger partial charge < -0.3 is 25.2 Å². The maximum Gasteiger partial charge on any atom is 0.324 e. The van der Waals surface area contributed by atoms with Crippen LogP contribution in [0.3, 0.4) is 0 Å². The van der Waals surface area contributed by atoms with Gasteiger partial charge in [-0.3, -0.25) is 19.3 Å². The van der Waals surface area contributed by atoms with Crippen molar-refractivity contribution in [3.63, 3.8) is 0 Å². The van der Waals surface area contributed by atoms with Gasteiger partial charge in [-0.15, -0.1) is 11.7 Å². The second-order valence-electron chi connectivity index (χ2n) is 14.7. The van der Waals surface area contributed by atoms with Gasteiger partial charge in [0.05, 0.1) is 30.1 Å². The summed E-state index contributed by atoms with van der Waals surface area (Å²) in [5.74, 6) is 4.18. The number of hydrogen-bond acceptors (Lipinski definition) is 9. The van der Waals surface area contributed by atoms with Crippen LogP contribution >= 0.6 is 0 Å². The molecule has 6 aromatic rings. The van der Waals surface area contributed by atoms with Crippen molar-refractivity contribution < 1.29 is 29.0 Å². The van der Waals surface area contributed by atoms with Crippen LogP contribution in [0.15, 0.2) is 140 Å². The van der Waals surface area contributed by atoms with Crippen LogP contribution in [0.2, 0.25) is 0 Å². The van der Waals surface area contributed by atoms with Crippen LogP contribution in [-0.2, 0) is 31.1 Å². The minimum absolute atomic E-state index is 0.0971. The van der Waals surface area contributed by atoms with E-state index in [1.807, 2.05) is 114 Å². The molecule has 5 aromatic carbocycles. The zero-order chi connectivity index (χ0) is 40.5. The van der Waals surface area contributed by atoms with Crippen LogP contribution in [0, 0.1) is 17.8 Å². The number of ether oxygens (including phenoxy) is 2. The van der Waals surface area contributed by atoms with E-state index in [1.165, 1.54) is 0 Å². The van der Waals surface area contributed by atoms with Crippen LogP contribution in [0.1, 0.15) is 46.0 Å². The molecule has 12 nitrogen and oxygen atoms in total. The van der Waals surface area contributed by atoms with E-state index < -0.39 is 53.3 Å². The lowest BCUT2D eigenvalue weighted by molar-refractivity contribution is -0.178. The summed E-state index contributed by atoms with van der Waals surface area (Å²) in [6.07, 6.45) is 0.768. The molecule has 3 aliphatic heterocycles. The lowest BCUT2D eigenvalue weighted by atomic mass is 9.65. The Hall–Kier alpha value is -7.07. The topological polar surface area (TPSA) is 148 Å². The number of anilines is 1. The molecule has 0 bridgehead atoms. The molecule has 0 radical (unpaired) electrons. The monoisotopic (exact) mass is 784 g/mol. The molecule has 1 aromatic heterocycles. The number of esters is 1. The molecule has 12 heteroatoms. The van der Waals surface area contributed by atoms with Gasteiger partial charge in [0, 0.05) is 17.8 Å². The number of rotatable bonds is 10. The van der Waals surface area contributed by atoms with Gasteiger partial charge in [0.2, 0.25) is 11.8 Å². The van der Waals surface area contributed by atoms with Gasteiger partial charge in [0.15, 0.2) is 0 Å². The Morgan fingerprint density at radius 2 is 1.64 bits per heavy atom. The molecule has 59 heavy (non-hydrogen) atoms. The van der Waals surface area contributed by atoms with Gasteiger partial charge in [-0.25, -0.2) is 4.68 Å². The number of carbonyl (C=O) groups is 3. The van der Waals surface area contributed by atoms with Crippen molar-refractivity contribution in [2.24, 2.45) is 5.92 Å². The third-order valence-corrected chi connectivity index (χ3v) is 11.4. The van der Waals surface area contributed by atoms with Crippen LogP contribution in [0.4, 0.5) is 5.69 Å². The van der Waals surface area contributed by atoms with E-state index in [2.05, 4.69) is 39.4 Å². The highest BCUT2D eigenvalue weighted by Crippen LogP contribution is 2.64. The van der Waals surface area contributed by atoms with Crippen LogP contribution < -0.4 is 15.4 Å². The molecule has 0 unspecified atom stereocenters. The van der Waals surface area contributed by atoms with Crippen molar-refractivity contribution in [1.29, 1.82) is 0 Å². The maximum atomic E-state index is 15.3. The molecule has 2 amide bonds. The quantitative estimate of drug-likeness (QED) is 0.0941. The van der Waals surface area contributed by atoms with E-state index in [1.54, 1.807) is 29.0 Å². The Morgan fingerprint density at radius 3 is 2.39 bits per heavy atom. The van der Waals surface area contributed by atoms with Gasteiger partial charge in [0.1, 0.15) is 42.0 Å². The number of fused-ring (bicyclic) bond motifs is 4. The zero-order valence-electron chi connectivity index (χ0n) is 31.9. The molecule has 3 N–H and O–H groups in total. The number of nitrogens with zero attached hydrogens (tertiary/aromatic N) is 4. The zero-order valence-corrected chi connectivity index (χ0v) is 31.9. The Balaban J connectivity index is 1.26. The fraction of sp³-hybridized carbons (Fsp3) is 0.213. The van der Waals surface area contributed by atoms with E-state index in [0.29, 0.717) is 28.1 Å². The summed E-state index contributed by atoms with van der Waals surface area (Å²) in [7, 11) is 0. The molecule has 1 spiro atoms. The van der Waals surface area contributed by atoms with Crippen molar-refractivity contribution in [3.05, 3.63) is 168 Å². The van der Waals surface area contributed by atoms with Crippen LogP contribution in [-0.4, -0.2) is 68.6 Å². The number of aromatic nitrogens is 3. The molecule has 2 saturated heterocycles. The molecule has 294 valence electrons. The van der Waals surface area contributed by atoms with Gasteiger partial charge in [-0.1, -0.05) is 108 Å². The summed E-state index contributed by atoms with van der Waals surface area (Å²) >= 11 is 0. The van der Waals surface area contributed by atoms with Gasteiger partial charge in [-0.2, -0.15) is 0 Å². The summed E-state index contributed by atoms with van der Waals surface area (Å²) in [4.78, 5) is 47.1. The third-order valence-electron chi connectivity index (χ3n) is 11.4. The summed E-state index contributed by atoms with van der Waals surface area (Å²) < 4.78 is 13.9. The molecule has 4 heterocycles. The minimum atomic E-state index is -1.67. The van der Waals surface area contributed by atoms with Crippen molar-refractivity contribution in [1.82, 2.24) is 25.2 Å². The first kappa shape index (κ1) is 37.5. The first-order valence-corrected chi connectivity index (χ1v) is 19.5. The highest BCUT2D eigenvalue weighted by atomic mass is 16.6. The lowest BCUT2D eigenvalue weighted by Gasteiger charge is -2.46. The smallest absolute Gasteiger partial charge is 0.324 e. The second kappa shape index (κ2) is 15.7. The van der Waals surface area contributed by atoms with E-state index >= 15 is 4.79 Å². The fourth-order valence-corrected chi connectivity index (χ4v) is 9.11. The Labute approximate surface area is 340 Å². The maximum absolute atomic E-state index is 15.3. The largest absolute Gasteiger partial charge is 0.491 e. The molecule has 0 aliphatic carbocycles. The molecule has 9 rings (SSSR count). The number of hydrogen-bond donors (Lipinski definition) is 3. The van der Waals surface area contributed by atoms with E-state index in [0.717, 1.165) is 22.2 Å². The predicted octanol–water partition coefficient (Wildman–Crippen LogP) is 5.43. The summed E-state index contributed by atoms with van der Waals surface area (Å²) in [5.41, 5.74) is 3.88. The Morgan fingerprint density at radius 1 is 0.915 bits per heavy atom. The molecule has 6 atom stereocenters. The number of aliphatic hydroxyl groups excluding tert-OH is 1. The van der Waals surface area contributed by atoms with Gasteiger partial charge in [0.25, 0.3) is 0 Å². The average Bonchev–Trinajstić information content (AvgIpc) is 3.93. The van der Waals surface area contributed by atoms with Gasteiger partial charge in [-0.05, 0) is 64.7 Å². The normalized spacial score (nSPS) is 23.1. The predicted molar refractivity (Wildman–Crippen MR) is 220 cm³/mol. The van der Waals surface area contributed by atoms with Crippen molar-refractivity contribution in [2.75, 3.05) is 25.1 Å². The first-order valence-electron chi connectivity index (χ1n) is 19.5. The number of cyclic esters (lactones) is 1. The lowest BCUT2D eigenvalue weighted by Crippen LogP contribution is -2.54. The summed E-state index contributed by atoms with van der Waals surface area (Å²) in [6.45, 7) is 4.12. The number of amides is 2. The number of aliphatic hydroxyl groups is 1. The first-order chi connectivity index (χ1) is 28.9. The highest BCUT2D eigenvalue weighted by Gasteiger charge is 2.74. The van der Waals surface area contributed by atoms with E-state index in [4.69, 9.17) is 9.47 Å². The standard InChI is InChI=1S/C47H40N6O6/c1-2-25-48-44(55)39-41-45(56)59-42(32-15-7-4-8-16-32)40(31-13-5-3-6-14-31)53(41)43(33-20-22-34(23-21-33)58-28-27-54)47(39)35-29-30(19-24-36(35)49-46(47)57)12-11-26-52-38-18-10-9-17-37(38)50-51-52/h2-10,13-24,29,39-43,54H,1,25-28H2,(H,48,55)(H,49,57)/t39-,40-,41-,42+,43+,47-/m0/s1. The third kappa shape index (κ3) is 6.41. The van der Waals surface area contributed by atoms with Crippen molar-refractivity contribution >= 4 is 34.5 Å². The molecular weight excluding hydrogens is 745 g/mol.